The van der Waals surface area contributed by atoms with Crippen molar-refractivity contribution in [3.05, 3.63) is 59.9 Å². The number of carbonyl (C=O) groups is 1. The number of halogens is 2. The molecule has 0 spiro atoms. The summed E-state index contributed by atoms with van der Waals surface area (Å²) >= 11 is 0. The van der Waals surface area contributed by atoms with Crippen LogP contribution in [-0.4, -0.2) is 12.5 Å². The van der Waals surface area contributed by atoms with Gasteiger partial charge < -0.3 is 15.8 Å². The molecule has 0 saturated carbocycles. The topological polar surface area (TPSA) is 64.4 Å². The van der Waals surface area contributed by atoms with E-state index in [1.807, 2.05) is 26.0 Å². The maximum Gasteiger partial charge on any atom is 0.227 e. The molecule has 0 saturated heterocycles. The van der Waals surface area contributed by atoms with E-state index in [-0.39, 0.29) is 24.1 Å². The molecular weight excluding hydrogens is 331 g/mol. The number of nitrogens with one attached hydrogen (secondary N) is 1. The average Bonchev–Trinajstić information content (AvgIpc) is 2.56. The smallest absolute Gasteiger partial charge is 0.227 e. The minimum Gasteiger partial charge on any atom is -0.457 e. The number of amides is 1. The molecule has 0 radical (unpaired) electrons. The first-order valence-corrected chi connectivity index (χ1v) is 7.41. The highest BCUT2D eigenvalue weighted by atomic mass is 35.5. The lowest BCUT2D eigenvalue weighted by molar-refractivity contribution is -0.129. The summed E-state index contributed by atoms with van der Waals surface area (Å²) in [7, 11) is 0. The van der Waals surface area contributed by atoms with Crippen LogP contribution < -0.4 is 15.8 Å². The first-order chi connectivity index (χ1) is 10.9. The van der Waals surface area contributed by atoms with E-state index in [0.717, 1.165) is 5.56 Å². The maximum absolute atomic E-state index is 12.8. The van der Waals surface area contributed by atoms with Crippen LogP contribution in [0.2, 0.25) is 0 Å². The highest BCUT2D eigenvalue weighted by molar-refractivity contribution is 5.85. The van der Waals surface area contributed by atoms with E-state index in [1.54, 1.807) is 24.3 Å². The molecule has 24 heavy (non-hydrogen) atoms. The van der Waals surface area contributed by atoms with Crippen LogP contribution >= 0.6 is 12.4 Å². The zero-order chi connectivity index (χ0) is 16.9. The fourth-order valence-electron chi connectivity index (χ4n) is 1.83. The van der Waals surface area contributed by atoms with Gasteiger partial charge in [-0.05, 0) is 55.8 Å². The van der Waals surface area contributed by atoms with E-state index in [9.17, 15) is 9.18 Å². The van der Waals surface area contributed by atoms with E-state index in [0.29, 0.717) is 24.6 Å². The molecular formula is C18H22ClFN2O2. The Morgan fingerprint density at radius 1 is 1.08 bits per heavy atom. The van der Waals surface area contributed by atoms with Crippen LogP contribution in [0.15, 0.2) is 48.5 Å². The van der Waals surface area contributed by atoms with Gasteiger partial charge in [0.25, 0.3) is 0 Å². The van der Waals surface area contributed by atoms with Crippen molar-refractivity contribution in [1.29, 1.82) is 0 Å². The molecule has 0 aliphatic heterocycles. The summed E-state index contributed by atoms with van der Waals surface area (Å²) in [5, 5.41) is 2.86. The first kappa shape index (κ1) is 19.9. The van der Waals surface area contributed by atoms with Gasteiger partial charge in [-0.1, -0.05) is 12.1 Å². The molecule has 130 valence electrons. The molecule has 0 bridgehead atoms. The molecule has 0 heterocycles. The molecule has 4 nitrogen and oxygen atoms in total. The third-order valence-corrected chi connectivity index (χ3v) is 3.55. The van der Waals surface area contributed by atoms with Gasteiger partial charge in [-0.2, -0.15) is 0 Å². The molecule has 1 amide bonds. The molecule has 2 aromatic rings. The van der Waals surface area contributed by atoms with Crippen LogP contribution in [0.4, 0.5) is 4.39 Å². The molecule has 0 aliphatic rings. The number of nitrogens with two attached hydrogens (primary N) is 1. The lowest BCUT2D eigenvalue weighted by atomic mass is 9.92. The van der Waals surface area contributed by atoms with Crippen molar-refractivity contribution in [2.45, 2.75) is 20.4 Å². The molecule has 3 N–H and O–H groups in total. The number of carbonyl (C=O) groups excluding carboxylic acids is 1. The van der Waals surface area contributed by atoms with Crippen molar-refractivity contribution >= 4 is 18.3 Å². The summed E-state index contributed by atoms with van der Waals surface area (Å²) in [6.45, 7) is 4.34. The van der Waals surface area contributed by atoms with Crippen LogP contribution in [0, 0.1) is 11.2 Å². The van der Waals surface area contributed by atoms with Gasteiger partial charge in [0.2, 0.25) is 5.91 Å². The number of hydrogen-bond acceptors (Lipinski definition) is 3. The second-order valence-corrected chi connectivity index (χ2v) is 5.97. The Bertz CT molecular complexity index is 658. The third kappa shape index (κ3) is 5.51. The van der Waals surface area contributed by atoms with E-state index in [2.05, 4.69) is 5.32 Å². The van der Waals surface area contributed by atoms with Gasteiger partial charge in [0.15, 0.2) is 0 Å². The Kier molecular flexibility index (Phi) is 7.19. The van der Waals surface area contributed by atoms with Gasteiger partial charge in [0.05, 0.1) is 5.41 Å². The average molecular weight is 353 g/mol. The van der Waals surface area contributed by atoms with Gasteiger partial charge in [-0.25, -0.2) is 4.39 Å². The lowest BCUT2D eigenvalue weighted by Crippen LogP contribution is -2.41. The van der Waals surface area contributed by atoms with Crippen LogP contribution in [0.1, 0.15) is 19.4 Å². The molecule has 0 aromatic heterocycles. The SMILES string of the molecule is CC(C)(CN)C(=O)NCc1ccc(Oc2ccc(F)cc2)cc1.Cl. The second-order valence-electron chi connectivity index (χ2n) is 5.97. The predicted octanol–water partition coefficient (Wildman–Crippen LogP) is 3.64. The molecule has 0 unspecified atom stereocenters. The maximum atomic E-state index is 12.8. The summed E-state index contributed by atoms with van der Waals surface area (Å²) in [5.41, 5.74) is 5.96. The molecule has 2 rings (SSSR count). The van der Waals surface area contributed by atoms with Gasteiger partial charge in [-0.3, -0.25) is 4.79 Å². The Balaban J connectivity index is 0.00000288. The monoisotopic (exact) mass is 352 g/mol. The summed E-state index contributed by atoms with van der Waals surface area (Å²) in [4.78, 5) is 12.0. The predicted molar refractivity (Wildman–Crippen MR) is 94.8 cm³/mol. The summed E-state index contributed by atoms with van der Waals surface area (Å²) in [6, 6.07) is 13.2. The first-order valence-electron chi connectivity index (χ1n) is 7.41. The van der Waals surface area contributed by atoms with E-state index in [1.165, 1.54) is 12.1 Å². The van der Waals surface area contributed by atoms with E-state index >= 15 is 0 Å². The number of rotatable bonds is 6. The normalized spacial score (nSPS) is 10.7. The Hall–Kier alpha value is -2.11. The third-order valence-electron chi connectivity index (χ3n) is 3.55. The quantitative estimate of drug-likeness (QED) is 0.834. The van der Waals surface area contributed by atoms with E-state index < -0.39 is 5.41 Å². The fraction of sp³-hybridized carbons (Fsp3) is 0.278. The zero-order valence-corrected chi connectivity index (χ0v) is 14.5. The van der Waals surface area contributed by atoms with E-state index in [4.69, 9.17) is 10.5 Å². The summed E-state index contributed by atoms with van der Waals surface area (Å²) < 4.78 is 18.5. The zero-order valence-electron chi connectivity index (χ0n) is 13.7. The fourth-order valence-corrected chi connectivity index (χ4v) is 1.83. The largest absolute Gasteiger partial charge is 0.457 e. The molecule has 0 atom stereocenters. The highest BCUT2D eigenvalue weighted by Crippen LogP contribution is 2.22. The molecule has 6 heteroatoms. The second kappa shape index (κ2) is 8.66. The van der Waals surface area contributed by atoms with Crippen LogP contribution in [-0.2, 0) is 11.3 Å². The number of ether oxygens (including phenoxy) is 1. The van der Waals surface area contributed by atoms with Gasteiger partial charge >= 0.3 is 0 Å². The van der Waals surface area contributed by atoms with Gasteiger partial charge in [-0.15, -0.1) is 12.4 Å². The van der Waals surface area contributed by atoms with Crippen molar-refractivity contribution in [3.8, 4) is 11.5 Å². The Labute approximate surface area is 147 Å². The number of benzene rings is 2. The standard InChI is InChI=1S/C18H21FN2O2.ClH/c1-18(2,12-20)17(22)21-11-13-3-7-15(8-4-13)23-16-9-5-14(19)6-10-16;/h3-10H,11-12,20H2,1-2H3,(H,21,22);1H. The summed E-state index contributed by atoms with van der Waals surface area (Å²) in [5.74, 6) is 0.835. The van der Waals surface area contributed by atoms with Crippen molar-refractivity contribution < 1.29 is 13.9 Å². The van der Waals surface area contributed by atoms with Crippen molar-refractivity contribution in [3.63, 3.8) is 0 Å². The Morgan fingerprint density at radius 2 is 1.58 bits per heavy atom. The van der Waals surface area contributed by atoms with Crippen molar-refractivity contribution in [2.24, 2.45) is 11.1 Å². The molecule has 0 aliphatic carbocycles. The minimum absolute atomic E-state index is 0. The minimum atomic E-state index is -0.578. The van der Waals surface area contributed by atoms with Gasteiger partial charge in [0, 0.05) is 13.1 Å². The van der Waals surface area contributed by atoms with Crippen molar-refractivity contribution in [2.75, 3.05) is 6.54 Å². The molecule has 2 aromatic carbocycles. The van der Waals surface area contributed by atoms with Crippen LogP contribution in [0.25, 0.3) is 0 Å². The number of hydrogen-bond donors (Lipinski definition) is 2. The lowest BCUT2D eigenvalue weighted by Gasteiger charge is -2.21. The van der Waals surface area contributed by atoms with Crippen LogP contribution in [0.3, 0.4) is 0 Å². The Morgan fingerprint density at radius 3 is 2.08 bits per heavy atom. The highest BCUT2D eigenvalue weighted by Gasteiger charge is 2.25. The molecule has 0 fully saturated rings. The van der Waals surface area contributed by atoms with Crippen molar-refractivity contribution in [1.82, 2.24) is 5.32 Å². The van der Waals surface area contributed by atoms with Crippen LogP contribution in [0.5, 0.6) is 11.5 Å². The van der Waals surface area contributed by atoms with Gasteiger partial charge in [0.1, 0.15) is 17.3 Å². The summed E-state index contributed by atoms with van der Waals surface area (Å²) in [6.07, 6.45) is 0.